The van der Waals surface area contributed by atoms with E-state index in [1.165, 1.54) is 6.42 Å². The van der Waals surface area contributed by atoms with E-state index in [0.717, 1.165) is 31.5 Å². The molecular weight excluding hydrogens is 408 g/mol. The monoisotopic (exact) mass is 436 g/mol. The van der Waals surface area contributed by atoms with Gasteiger partial charge in [0.2, 0.25) is 0 Å². The van der Waals surface area contributed by atoms with Crippen molar-refractivity contribution in [2.45, 2.75) is 38.8 Å². The van der Waals surface area contributed by atoms with Crippen LogP contribution in [0.2, 0.25) is 0 Å². The zero-order chi connectivity index (χ0) is 21.8. The molecule has 0 radical (unpaired) electrons. The van der Waals surface area contributed by atoms with Crippen molar-refractivity contribution in [3.05, 3.63) is 74.8 Å². The summed E-state index contributed by atoms with van der Waals surface area (Å²) in [5.41, 5.74) is 2.14. The van der Waals surface area contributed by atoms with Gasteiger partial charge < -0.3 is 10.3 Å². The van der Waals surface area contributed by atoms with Crippen LogP contribution in [0.3, 0.4) is 0 Å². The zero-order valence-electron chi connectivity index (χ0n) is 17.8. The summed E-state index contributed by atoms with van der Waals surface area (Å²) in [6, 6.07) is 15.6. The Morgan fingerprint density at radius 3 is 2.81 bits per heavy atom. The van der Waals surface area contributed by atoms with Gasteiger partial charge in [-0.15, -0.1) is 0 Å². The second kappa shape index (κ2) is 9.58. The number of likely N-dealkylation sites (N-methyl/N-ethyl adjacent to an activating group) is 1. The van der Waals surface area contributed by atoms with E-state index < -0.39 is 0 Å². The van der Waals surface area contributed by atoms with Crippen LogP contribution < -0.4 is 10.9 Å². The Labute approximate surface area is 186 Å². The lowest BCUT2D eigenvalue weighted by Gasteiger charge is -2.22. The number of aryl methyl sites for hydroxylation is 1. The number of carbonyl (C=O) groups is 1. The second-order valence-corrected chi connectivity index (χ2v) is 8.40. The van der Waals surface area contributed by atoms with Crippen LogP contribution in [-0.4, -0.2) is 46.0 Å². The molecule has 1 aliphatic rings. The smallest absolute Gasteiger partial charge is 0.262 e. The van der Waals surface area contributed by atoms with Crippen molar-refractivity contribution >= 4 is 29.0 Å². The fraction of sp³-hybridized carbons (Fsp3) is 0.375. The van der Waals surface area contributed by atoms with Gasteiger partial charge in [0.25, 0.3) is 11.5 Å². The third-order valence-electron chi connectivity index (χ3n) is 6.11. The topological polar surface area (TPSA) is 70.1 Å². The number of H-pyrrole nitrogens is 1. The number of amides is 1. The van der Waals surface area contributed by atoms with E-state index in [1.54, 1.807) is 22.8 Å². The number of hydrogen-bond donors (Lipinski definition) is 2. The molecule has 0 spiro atoms. The first-order valence-corrected chi connectivity index (χ1v) is 11.3. The maximum atomic E-state index is 13.0. The average Bonchev–Trinajstić information content (AvgIpc) is 3.25. The van der Waals surface area contributed by atoms with E-state index in [1.807, 2.05) is 30.3 Å². The standard InChI is InChI=1S/C24H28N4O2S/c1-2-27-13-6-9-19(27)16-25-22(29)18-10-11-20-21(15-18)26-24(31)28(23(20)30)14-12-17-7-4-3-5-8-17/h3-5,7-8,10-11,15,19H,2,6,9,12-14,16H2,1H3,(H,25,29)(H,26,31)/t19-/m1/s1. The molecular formula is C24H28N4O2S. The van der Waals surface area contributed by atoms with Crippen LogP contribution in [0.4, 0.5) is 0 Å². The van der Waals surface area contributed by atoms with E-state index >= 15 is 0 Å². The van der Waals surface area contributed by atoms with Crippen molar-refractivity contribution < 1.29 is 4.79 Å². The number of likely N-dealkylation sites (tertiary alicyclic amines) is 1. The van der Waals surface area contributed by atoms with Crippen LogP contribution in [0.5, 0.6) is 0 Å². The van der Waals surface area contributed by atoms with Gasteiger partial charge >= 0.3 is 0 Å². The predicted molar refractivity (Wildman–Crippen MR) is 126 cm³/mol. The molecule has 31 heavy (non-hydrogen) atoms. The molecule has 0 bridgehead atoms. The van der Waals surface area contributed by atoms with E-state index in [-0.39, 0.29) is 11.5 Å². The molecule has 6 nitrogen and oxygen atoms in total. The minimum atomic E-state index is -0.133. The summed E-state index contributed by atoms with van der Waals surface area (Å²) in [7, 11) is 0. The number of aromatic nitrogens is 2. The maximum Gasteiger partial charge on any atom is 0.262 e. The minimum Gasteiger partial charge on any atom is -0.350 e. The highest BCUT2D eigenvalue weighted by atomic mass is 32.1. The van der Waals surface area contributed by atoms with Crippen LogP contribution in [0.25, 0.3) is 10.9 Å². The summed E-state index contributed by atoms with van der Waals surface area (Å²) in [6.45, 7) is 5.40. The number of aromatic amines is 1. The molecule has 1 fully saturated rings. The van der Waals surface area contributed by atoms with E-state index in [0.29, 0.717) is 40.4 Å². The second-order valence-electron chi connectivity index (χ2n) is 8.02. The molecule has 1 aromatic heterocycles. The predicted octanol–water partition coefficient (Wildman–Crippen LogP) is 3.52. The van der Waals surface area contributed by atoms with Crippen LogP contribution >= 0.6 is 12.2 Å². The third kappa shape index (κ3) is 4.78. The molecule has 2 aromatic carbocycles. The van der Waals surface area contributed by atoms with E-state index in [2.05, 4.69) is 22.1 Å². The van der Waals surface area contributed by atoms with Crippen molar-refractivity contribution in [1.82, 2.24) is 19.8 Å². The molecule has 162 valence electrons. The molecule has 3 aromatic rings. The summed E-state index contributed by atoms with van der Waals surface area (Å²) in [4.78, 5) is 31.2. The summed E-state index contributed by atoms with van der Waals surface area (Å²) in [5.74, 6) is -0.127. The Morgan fingerprint density at radius 2 is 2.03 bits per heavy atom. The Kier molecular flexibility index (Phi) is 6.63. The first-order valence-electron chi connectivity index (χ1n) is 10.9. The minimum absolute atomic E-state index is 0.127. The number of rotatable bonds is 7. The van der Waals surface area contributed by atoms with Gasteiger partial charge in [0, 0.05) is 24.7 Å². The Bertz CT molecular complexity index is 1190. The van der Waals surface area contributed by atoms with Gasteiger partial charge in [0.05, 0.1) is 10.9 Å². The van der Waals surface area contributed by atoms with Gasteiger partial charge in [-0.25, -0.2) is 0 Å². The van der Waals surface area contributed by atoms with Gasteiger partial charge in [-0.1, -0.05) is 37.3 Å². The molecule has 7 heteroatoms. The molecule has 1 aliphatic heterocycles. The highest BCUT2D eigenvalue weighted by Crippen LogP contribution is 2.16. The first kappa shape index (κ1) is 21.5. The van der Waals surface area contributed by atoms with Crippen molar-refractivity contribution in [3.8, 4) is 0 Å². The lowest BCUT2D eigenvalue weighted by Crippen LogP contribution is -2.40. The number of hydrogen-bond acceptors (Lipinski definition) is 4. The van der Waals surface area contributed by atoms with Gasteiger partial charge in [-0.3, -0.25) is 19.1 Å². The molecule has 4 rings (SSSR count). The number of fused-ring (bicyclic) bond motifs is 1. The fourth-order valence-corrected chi connectivity index (χ4v) is 4.62. The molecule has 0 unspecified atom stereocenters. The Hall–Kier alpha value is -2.77. The summed E-state index contributed by atoms with van der Waals surface area (Å²) < 4.78 is 1.96. The SMILES string of the molecule is CCN1CCC[C@@H]1CNC(=O)c1ccc2c(=O)n(CCc3ccccc3)c(=S)[nH]c2c1. The number of nitrogens with one attached hydrogen (secondary N) is 2. The number of benzene rings is 2. The van der Waals surface area contributed by atoms with Crippen LogP contribution in [-0.2, 0) is 13.0 Å². The molecule has 2 heterocycles. The largest absolute Gasteiger partial charge is 0.350 e. The van der Waals surface area contributed by atoms with Crippen molar-refractivity contribution in [2.75, 3.05) is 19.6 Å². The fourth-order valence-electron chi connectivity index (χ4n) is 4.34. The zero-order valence-corrected chi connectivity index (χ0v) is 18.6. The van der Waals surface area contributed by atoms with Crippen molar-refractivity contribution in [3.63, 3.8) is 0 Å². The Morgan fingerprint density at radius 1 is 1.23 bits per heavy atom. The molecule has 0 saturated carbocycles. The van der Waals surface area contributed by atoms with Crippen molar-refractivity contribution in [1.29, 1.82) is 0 Å². The summed E-state index contributed by atoms with van der Waals surface area (Å²) in [5, 5.41) is 3.58. The van der Waals surface area contributed by atoms with Crippen molar-refractivity contribution in [2.24, 2.45) is 0 Å². The lowest BCUT2D eigenvalue weighted by atomic mass is 10.1. The van der Waals surface area contributed by atoms with Crippen LogP contribution in [0.15, 0.2) is 53.3 Å². The van der Waals surface area contributed by atoms with Crippen LogP contribution in [0.1, 0.15) is 35.7 Å². The molecule has 1 saturated heterocycles. The highest BCUT2D eigenvalue weighted by Gasteiger charge is 2.23. The quantitative estimate of drug-likeness (QED) is 0.556. The maximum absolute atomic E-state index is 13.0. The summed E-state index contributed by atoms with van der Waals surface area (Å²) >= 11 is 5.44. The van der Waals surface area contributed by atoms with Gasteiger partial charge in [0.15, 0.2) is 4.77 Å². The van der Waals surface area contributed by atoms with Crippen LogP contribution in [0, 0.1) is 4.77 Å². The van der Waals surface area contributed by atoms with E-state index in [4.69, 9.17) is 12.2 Å². The molecule has 2 N–H and O–H groups in total. The number of nitrogens with zero attached hydrogens (tertiary/aromatic N) is 2. The van der Waals surface area contributed by atoms with Gasteiger partial charge in [-0.05, 0) is 68.3 Å². The highest BCUT2D eigenvalue weighted by molar-refractivity contribution is 7.71. The Balaban J connectivity index is 1.51. The normalized spacial score (nSPS) is 16.6. The third-order valence-corrected chi connectivity index (χ3v) is 6.44. The molecule has 1 atom stereocenters. The first-order chi connectivity index (χ1) is 15.1. The molecule has 0 aliphatic carbocycles. The lowest BCUT2D eigenvalue weighted by molar-refractivity contribution is 0.0941. The molecule has 1 amide bonds. The number of carbonyl (C=O) groups excluding carboxylic acids is 1. The van der Waals surface area contributed by atoms with Gasteiger partial charge in [-0.2, -0.15) is 0 Å². The average molecular weight is 437 g/mol. The summed E-state index contributed by atoms with van der Waals surface area (Å²) in [6.07, 6.45) is 3.01. The van der Waals surface area contributed by atoms with E-state index in [9.17, 15) is 9.59 Å². The van der Waals surface area contributed by atoms with Gasteiger partial charge in [0.1, 0.15) is 0 Å².